The Morgan fingerprint density at radius 1 is 0.500 bits per heavy atom. The van der Waals surface area contributed by atoms with Gasteiger partial charge in [0.2, 0.25) is 0 Å². The van der Waals surface area contributed by atoms with Gasteiger partial charge in [0.25, 0.3) is 0 Å². The van der Waals surface area contributed by atoms with E-state index in [0.29, 0.717) is 11.7 Å². The molecule has 0 aliphatic rings. The topological polar surface area (TPSA) is 35.5 Å². The van der Waals surface area contributed by atoms with E-state index in [1.807, 2.05) is 30.3 Å². The normalized spacial score (nSPS) is 11.8. The summed E-state index contributed by atoms with van der Waals surface area (Å²) in [4.78, 5) is 0. The Bertz CT molecular complexity index is 2750. The third kappa shape index (κ3) is 11.2. The number of para-hydroxylation sites is 1. The molecule has 0 aliphatic heterocycles. The van der Waals surface area contributed by atoms with Gasteiger partial charge in [-0.1, -0.05) is 208 Å². The predicted molar refractivity (Wildman–Crippen MR) is 280 cm³/mol. The van der Waals surface area contributed by atoms with Gasteiger partial charge in [-0.3, -0.25) is 0 Å². The fourth-order valence-electron chi connectivity index (χ4n) is 8.95. The van der Waals surface area contributed by atoms with Gasteiger partial charge >= 0.3 is 30.6 Å². The molecular formula is C57H61AuCl4O3P-. The molecule has 1 atom stereocenters. The molecule has 1 aromatic heterocycles. The van der Waals surface area contributed by atoms with Crippen LogP contribution in [0.25, 0.3) is 65.7 Å². The van der Waals surface area contributed by atoms with Crippen LogP contribution in [0.5, 0.6) is 5.75 Å². The van der Waals surface area contributed by atoms with Gasteiger partial charge < -0.3 is 25.3 Å². The molecule has 0 saturated carbocycles. The third-order valence-electron chi connectivity index (χ3n) is 12.2. The first-order valence-corrected chi connectivity index (χ1v) is 25.0. The molecule has 0 bridgehead atoms. The largest absolute Gasteiger partial charge is 1.00 e. The van der Waals surface area contributed by atoms with E-state index in [1.165, 1.54) is 50.4 Å². The quantitative estimate of drug-likeness (QED) is 0.0778. The van der Waals surface area contributed by atoms with E-state index in [2.05, 4.69) is 168 Å². The number of halogens is 4. The maximum Gasteiger partial charge on any atom is 1.00 e. The molecule has 0 N–H and O–H groups in total. The summed E-state index contributed by atoms with van der Waals surface area (Å²) in [5, 5.41) is 6.64. The summed E-state index contributed by atoms with van der Waals surface area (Å²) in [6.07, 6.45) is 0. The number of hydrogen-bond donors (Lipinski definition) is 0. The van der Waals surface area contributed by atoms with Crippen LogP contribution in [-0.2, 0) is 22.4 Å². The SMILES string of the molecule is C[C-](C)c1cc(C(C)C)c(-c2cc3ccccc3c3c2op(Oc2ccccc2)oc2c(-c4c(C(C)C)cc(C(C)C)cc4C(C)C)cc4ccccc4c23)c(C(C)C)c1.ClC(Cl)Cl.[Au+].[Cl-]. The van der Waals surface area contributed by atoms with Crippen molar-refractivity contribution in [1.29, 1.82) is 0 Å². The Labute approximate surface area is 430 Å². The molecule has 0 radical (unpaired) electrons. The molecule has 352 valence electrons. The Kier molecular flexibility index (Phi) is 18.4. The molecule has 1 unspecified atom stereocenters. The minimum absolute atomic E-state index is 0. The second kappa shape index (κ2) is 22.8. The fourth-order valence-corrected chi connectivity index (χ4v) is 10.0. The number of rotatable bonds is 10. The average molecular weight is 1160 g/mol. The molecule has 1 heterocycles. The van der Waals surface area contributed by atoms with Crippen molar-refractivity contribution in [2.45, 2.75) is 117 Å². The fraction of sp³-hybridized carbons (Fsp3) is 0.316. The van der Waals surface area contributed by atoms with Crippen LogP contribution in [0.15, 0.2) is 124 Å². The van der Waals surface area contributed by atoms with E-state index in [4.69, 9.17) is 47.7 Å². The van der Waals surface area contributed by atoms with Crippen LogP contribution in [0.2, 0.25) is 0 Å². The summed E-state index contributed by atoms with van der Waals surface area (Å²) in [5.74, 6) is 3.49. The zero-order chi connectivity index (χ0) is 46.1. The standard InChI is InChI=1S/C56H60O3P.CHCl3.Au.ClH/c1-32(2)40-28-45(34(5)6)51(46(29-40)35(7)8)49-26-38-20-16-18-24-43(38)53-54-44-25-19-17-21-39(44)27-50(52-47(36(9)10)30-41(33(3)4)31-48(52)37(11)12)56(54)59-60(58-55(49)53)57-42-22-14-13-15-23-42;2-1(3)4;;/h13-32,34-37H,1-12H3;1H;;1H/q-1;;+1;/p-1. The van der Waals surface area contributed by atoms with Gasteiger partial charge in [-0.25, -0.2) is 0 Å². The predicted octanol–water partition coefficient (Wildman–Crippen LogP) is 17.3. The van der Waals surface area contributed by atoms with Crippen molar-refractivity contribution in [2.24, 2.45) is 0 Å². The van der Waals surface area contributed by atoms with E-state index in [0.717, 1.165) is 54.6 Å². The Morgan fingerprint density at radius 2 is 0.864 bits per heavy atom. The molecule has 0 aliphatic carbocycles. The van der Waals surface area contributed by atoms with Crippen molar-refractivity contribution in [3.8, 4) is 28.0 Å². The van der Waals surface area contributed by atoms with Gasteiger partial charge in [0.1, 0.15) is 5.75 Å². The molecule has 3 nitrogen and oxygen atoms in total. The molecule has 0 fully saturated rings. The summed E-state index contributed by atoms with van der Waals surface area (Å²) in [7, 11) is -2.01. The summed E-state index contributed by atoms with van der Waals surface area (Å²) in [6.45, 7) is 27.5. The van der Waals surface area contributed by atoms with E-state index < -0.39 is 12.5 Å². The molecule has 8 rings (SSSR count). The van der Waals surface area contributed by atoms with Crippen LogP contribution < -0.4 is 16.9 Å². The minimum Gasteiger partial charge on any atom is -1.00 e. The summed E-state index contributed by atoms with van der Waals surface area (Å²) < 4.78 is 21.0. The van der Waals surface area contributed by atoms with Crippen LogP contribution in [0.4, 0.5) is 0 Å². The van der Waals surface area contributed by atoms with Crippen LogP contribution in [0, 0.1) is 5.92 Å². The smallest absolute Gasteiger partial charge is 1.00 e. The number of hydrogen-bond acceptors (Lipinski definition) is 3. The van der Waals surface area contributed by atoms with Crippen molar-refractivity contribution in [2.75, 3.05) is 0 Å². The van der Waals surface area contributed by atoms with E-state index >= 15 is 0 Å². The van der Waals surface area contributed by atoms with E-state index in [1.54, 1.807) is 0 Å². The van der Waals surface area contributed by atoms with Crippen LogP contribution in [0.1, 0.15) is 146 Å². The van der Waals surface area contributed by atoms with Gasteiger partial charge in [0, 0.05) is 21.9 Å². The van der Waals surface area contributed by atoms with Crippen molar-refractivity contribution < 1.29 is 47.7 Å². The zero-order valence-corrected chi connectivity index (χ0v) is 46.0. The first-order chi connectivity index (χ1) is 30.5. The first-order valence-electron chi connectivity index (χ1n) is 22.6. The molecule has 0 spiro atoms. The van der Waals surface area contributed by atoms with Gasteiger partial charge in [-0.05, 0) is 103 Å². The molecule has 66 heavy (non-hydrogen) atoms. The van der Waals surface area contributed by atoms with Crippen molar-refractivity contribution in [1.82, 2.24) is 0 Å². The molecule has 7 aromatic carbocycles. The first kappa shape index (κ1) is 53.5. The minimum atomic E-state index is -2.01. The molecule has 8 aromatic rings. The Balaban J connectivity index is 0.00000131. The van der Waals surface area contributed by atoms with Gasteiger partial charge in [-0.15, -0.1) is 0 Å². The van der Waals surface area contributed by atoms with E-state index in [-0.39, 0.29) is 58.5 Å². The summed E-state index contributed by atoms with van der Waals surface area (Å²) >= 11 is 14.4. The van der Waals surface area contributed by atoms with Crippen molar-refractivity contribution in [3.63, 3.8) is 0 Å². The van der Waals surface area contributed by atoms with Crippen molar-refractivity contribution >= 4 is 86.5 Å². The number of fused-ring (bicyclic) bond motifs is 7. The number of alkyl halides is 3. The molecule has 0 saturated heterocycles. The molecule has 0 amide bonds. The third-order valence-corrected chi connectivity index (χ3v) is 13.2. The van der Waals surface area contributed by atoms with Crippen LogP contribution >= 0.6 is 43.0 Å². The van der Waals surface area contributed by atoms with Gasteiger partial charge in [0.15, 0.2) is 15.5 Å². The van der Waals surface area contributed by atoms with Gasteiger partial charge in [-0.2, -0.15) is 23.6 Å². The Morgan fingerprint density at radius 3 is 1.23 bits per heavy atom. The van der Waals surface area contributed by atoms with Gasteiger partial charge in [0.05, 0.1) is 0 Å². The second-order valence-electron chi connectivity index (χ2n) is 18.6. The van der Waals surface area contributed by atoms with E-state index in [9.17, 15) is 0 Å². The maximum absolute atomic E-state index is 7.45. The van der Waals surface area contributed by atoms with Crippen molar-refractivity contribution in [3.05, 3.63) is 155 Å². The summed E-state index contributed by atoms with van der Waals surface area (Å²) in [5.41, 5.74) is 14.1. The maximum atomic E-state index is 7.45. The number of benzene rings is 7. The Hall–Kier alpha value is -3.47. The zero-order valence-electron chi connectivity index (χ0n) is 39.9. The van der Waals surface area contributed by atoms with Crippen LogP contribution in [0.3, 0.4) is 0 Å². The molecule has 9 heteroatoms. The average Bonchev–Trinajstić information content (AvgIpc) is 3.42. The second-order valence-corrected chi connectivity index (χ2v) is 21.6. The monoisotopic (exact) mass is 1160 g/mol. The molecular weight excluding hydrogens is 1100 g/mol. The summed E-state index contributed by atoms with van der Waals surface area (Å²) in [6, 6.07) is 42.0. The van der Waals surface area contributed by atoms with Crippen LogP contribution in [-0.4, -0.2) is 4.30 Å².